The van der Waals surface area contributed by atoms with Gasteiger partial charge in [-0.1, -0.05) is 77.8 Å². The van der Waals surface area contributed by atoms with Crippen molar-refractivity contribution in [3.05, 3.63) is 101 Å². The molecule has 1 heterocycles. The van der Waals surface area contributed by atoms with Crippen LogP contribution in [0.2, 0.25) is 5.02 Å². The standard InChI is InChI=1S/C26H21ClN2O3/c1-17-10-12-18(13-11-17)15-28-25(30)16-32-26(31)21-14-24(20-7-2-4-8-22(20)27)29-23-9-5-3-6-19(21)23/h2-14H,15-16H2,1H3,(H,28,30). The molecule has 4 aromatic rings. The van der Waals surface area contributed by atoms with E-state index >= 15 is 0 Å². The summed E-state index contributed by atoms with van der Waals surface area (Å²) in [7, 11) is 0. The number of pyridine rings is 1. The molecule has 160 valence electrons. The number of hydrogen-bond acceptors (Lipinski definition) is 4. The second-order valence-electron chi connectivity index (χ2n) is 7.39. The molecule has 0 spiro atoms. The molecular weight excluding hydrogens is 424 g/mol. The smallest absolute Gasteiger partial charge is 0.339 e. The van der Waals surface area contributed by atoms with Crippen LogP contribution in [-0.2, 0) is 16.1 Å². The Morgan fingerprint density at radius 3 is 2.47 bits per heavy atom. The van der Waals surface area contributed by atoms with Gasteiger partial charge in [0.15, 0.2) is 6.61 Å². The topological polar surface area (TPSA) is 68.3 Å². The Labute approximate surface area is 191 Å². The van der Waals surface area contributed by atoms with Gasteiger partial charge in [0.25, 0.3) is 5.91 Å². The molecule has 32 heavy (non-hydrogen) atoms. The molecule has 0 saturated heterocycles. The molecule has 3 aromatic carbocycles. The van der Waals surface area contributed by atoms with Crippen LogP contribution in [0.5, 0.6) is 0 Å². The molecule has 0 atom stereocenters. The SMILES string of the molecule is Cc1ccc(CNC(=O)COC(=O)c2cc(-c3ccccc3Cl)nc3ccccc23)cc1. The fourth-order valence-corrected chi connectivity index (χ4v) is 3.55. The van der Waals surface area contributed by atoms with Crippen LogP contribution in [0, 0.1) is 6.92 Å². The van der Waals surface area contributed by atoms with Gasteiger partial charge in [-0.2, -0.15) is 0 Å². The molecule has 0 aliphatic rings. The zero-order valence-electron chi connectivity index (χ0n) is 17.5. The minimum Gasteiger partial charge on any atom is -0.452 e. The number of benzene rings is 3. The van der Waals surface area contributed by atoms with E-state index in [1.165, 1.54) is 0 Å². The number of amides is 1. The van der Waals surface area contributed by atoms with Crippen molar-refractivity contribution in [2.45, 2.75) is 13.5 Å². The molecule has 6 heteroatoms. The lowest BCUT2D eigenvalue weighted by atomic mass is 10.0. The van der Waals surface area contributed by atoms with Crippen LogP contribution in [0.15, 0.2) is 78.9 Å². The molecule has 0 aliphatic heterocycles. The van der Waals surface area contributed by atoms with Crippen molar-refractivity contribution in [1.29, 1.82) is 0 Å². The number of aryl methyl sites for hydroxylation is 1. The highest BCUT2D eigenvalue weighted by atomic mass is 35.5. The van der Waals surface area contributed by atoms with E-state index in [9.17, 15) is 9.59 Å². The normalized spacial score (nSPS) is 10.7. The van der Waals surface area contributed by atoms with E-state index in [0.717, 1.165) is 11.1 Å². The number of esters is 1. The molecule has 1 amide bonds. The second-order valence-corrected chi connectivity index (χ2v) is 7.80. The third-order valence-electron chi connectivity index (χ3n) is 5.03. The van der Waals surface area contributed by atoms with Crippen LogP contribution < -0.4 is 5.32 Å². The lowest BCUT2D eigenvalue weighted by molar-refractivity contribution is -0.124. The van der Waals surface area contributed by atoms with Crippen LogP contribution in [0.3, 0.4) is 0 Å². The first-order valence-electron chi connectivity index (χ1n) is 10.2. The first-order chi connectivity index (χ1) is 15.5. The summed E-state index contributed by atoms with van der Waals surface area (Å²) >= 11 is 6.33. The van der Waals surface area contributed by atoms with Crippen molar-refractivity contribution >= 4 is 34.4 Å². The summed E-state index contributed by atoms with van der Waals surface area (Å²) in [6.07, 6.45) is 0. The molecule has 0 radical (unpaired) electrons. The number of carbonyl (C=O) groups is 2. The number of fused-ring (bicyclic) bond motifs is 1. The lowest BCUT2D eigenvalue weighted by Crippen LogP contribution is -2.28. The van der Waals surface area contributed by atoms with Crippen molar-refractivity contribution in [3.8, 4) is 11.3 Å². The summed E-state index contributed by atoms with van der Waals surface area (Å²) in [5.41, 5.74) is 4.36. The van der Waals surface area contributed by atoms with Crippen molar-refractivity contribution < 1.29 is 14.3 Å². The zero-order valence-corrected chi connectivity index (χ0v) is 18.2. The van der Waals surface area contributed by atoms with Crippen LogP contribution in [0.25, 0.3) is 22.2 Å². The Morgan fingerprint density at radius 2 is 1.69 bits per heavy atom. The van der Waals surface area contributed by atoms with E-state index in [0.29, 0.717) is 39.3 Å². The first kappa shape index (κ1) is 21.5. The maximum Gasteiger partial charge on any atom is 0.339 e. The Bertz CT molecular complexity index is 1290. The number of nitrogens with one attached hydrogen (secondary N) is 1. The maximum absolute atomic E-state index is 12.9. The molecule has 0 unspecified atom stereocenters. The Morgan fingerprint density at radius 1 is 0.969 bits per heavy atom. The van der Waals surface area contributed by atoms with E-state index in [4.69, 9.17) is 16.3 Å². The number of hydrogen-bond donors (Lipinski definition) is 1. The van der Waals surface area contributed by atoms with Crippen molar-refractivity contribution in [1.82, 2.24) is 10.3 Å². The third-order valence-corrected chi connectivity index (χ3v) is 5.36. The largest absolute Gasteiger partial charge is 0.452 e. The lowest BCUT2D eigenvalue weighted by Gasteiger charge is -2.11. The third kappa shape index (κ3) is 4.95. The summed E-state index contributed by atoms with van der Waals surface area (Å²) in [6.45, 7) is 2.00. The highest BCUT2D eigenvalue weighted by Crippen LogP contribution is 2.30. The Balaban J connectivity index is 1.50. The van der Waals surface area contributed by atoms with Crippen molar-refractivity contribution in [2.75, 3.05) is 6.61 Å². The van der Waals surface area contributed by atoms with E-state index in [2.05, 4.69) is 10.3 Å². The highest BCUT2D eigenvalue weighted by Gasteiger charge is 2.17. The minimum atomic E-state index is -0.595. The molecule has 1 N–H and O–H groups in total. The van der Waals surface area contributed by atoms with Gasteiger partial charge in [-0.25, -0.2) is 9.78 Å². The quantitative estimate of drug-likeness (QED) is 0.408. The number of carbonyl (C=O) groups excluding carboxylic acids is 2. The van der Waals surface area contributed by atoms with Gasteiger partial charge >= 0.3 is 5.97 Å². The van der Waals surface area contributed by atoms with Crippen LogP contribution in [-0.4, -0.2) is 23.5 Å². The molecule has 4 rings (SSSR count). The zero-order chi connectivity index (χ0) is 22.5. The number of halogens is 1. The number of para-hydroxylation sites is 1. The predicted molar refractivity (Wildman–Crippen MR) is 125 cm³/mol. The van der Waals surface area contributed by atoms with E-state index < -0.39 is 5.97 Å². The molecule has 0 bridgehead atoms. The highest BCUT2D eigenvalue weighted by molar-refractivity contribution is 6.33. The van der Waals surface area contributed by atoms with Crippen LogP contribution >= 0.6 is 11.6 Å². The number of aromatic nitrogens is 1. The molecule has 0 aliphatic carbocycles. The first-order valence-corrected chi connectivity index (χ1v) is 10.5. The van der Waals surface area contributed by atoms with E-state index in [-0.39, 0.29) is 12.5 Å². The predicted octanol–water partition coefficient (Wildman–Crippen LogP) is 5.34. The second kappa shape index (κ2) is 9.62. The van der Waals surface area contributed by atoms with Crippen LogP contribution in [0.4, 0.5) is 0 Å². The number of nitrogens with zero attached hydrogens (tertiary/aromatic N) is 1. The monoisotopic (exact) mass is 444 g/mol. The van der Waals surface area contributed by atoms with Gasteiger partial charge < -0.3 is 10.1 Å². The summed E-state index contributed by atoms with van der Waals surface area (Å²) in [5, 5.41) is 3.94. The number of ether oxygens (including phenoxy) is 1. The Kier molecular flexibility index (Phi) is 6.47. The van der Waals surface area contributed by atoms with Crippen molar-refractivity contribution in [2.24, 2.45) is 0 Å². The van der Waals surface area contributed by atoms with Gasteiger partial charge in [0, 0.05) is 22.5 Å². The molecule has 0 saturated carbocycles. The molecule has 0 fully saturated rings. The fraction of sp³-hybridized carbons (Fsp3) is 0.115. The number of rotatable bonds is 6. The maximum atomic E-state index is 12.9. The van der Waals surface area contributed by atoms with E-state index in [1.54, 1.807) is 18.2 Å². The Hall–Kier alpha value is -3.70. The summed E-state index contributed by atoms with van der Waals surface area (Å²) in [6, 6.07) is 24.1. The van der Waals surface area contributed by atoms with Gasteiger partial charge in [-0.3, -0.25) is 4.79 Å². The average molecular weight is 445 g/mol. The summed E-state index contributed by atoms with van der Waals surface area (Å²) in [5.74, 6) is -0.967. The molecule has 5 nitrogen and oxygen atoms in total. The van der Waals surface area contributed by atoms with Gasteiger partial charge in [-0.15, -0.1) is 0 Å². The van der Waals surface area contributed by atoms with E-state index in [1.807, 2.05) is 67.6 Å². The summed E-state index contributed by atoms with van der Waals surface area (Å²) < 4.78 is 5.31. The molecule has 1 aromatic heterocycles. The minimum absolute atomic E-state index is 0.330. The summed E-state index contributed by atoms with van der Waals surface area (Å²) in [4.78, 5) is 29.7. The molecular formula is C26H21ClN2O3. The van der Waals surface area contributed by atoms with Crippen LogP contribution in [0.1, 0.15) is 21.5 Å². The fourth-order valence-electron chi connectivity index (χ4n) is 3.32. The average Bonchev–Trinajstić information content (AvgIpc) is 2.81. The van der Waals surface area contributed by atoms with Crippen molar-refractivity contribution in [3.63, 3.8) is 0 Å². The van der Waals surface area contributed by atoms with Gasteiger partial charge in [-0.05, 0) is 30.7 Å². The van der Waals surface area contributed by atoms with Gasteiger partial charge in [0.2, 0.25) is 0 Å². The van der Waals surface area contributed by atoms with Gasteiger partial charge in [0.1, 0.15) is 0 Å². The van der Waals surface area contributed by atoms with Gasteiger partial charge in [0.05, 0.1) is 16.8 Å².